The van der Waals surface area contributed by atoms with Crippen LogP contribution >= 0.6 is 27.3 Å². The maximum atomic E-state index is 13.8. The van der Waals surface area contributed by atoms with Crippen LogP contribution in [0.15, 0.2) is 34.8 Å². The molecule has 1 heterocycles. The topological polar surface area (TPSA) is 12.0 Å². The zero-order valence-corrected chi connectivity index (χ0v) is 12.7. The van der Waals surface area contributed by atoms with Crippen molar-refractivity contribution in [3.05, 3.63) is 55.9 Å². The molecule has 4 heteroatoms. The summed E-state index contributed by atoms with van der Waals surface area (Å²) < 4.78 is 14.6. The number of halogens is 2. The highest BCUT2D eigenvalue weighted by atomic mass is 79.9. The molecule has 0 aliphatic carbocycles. The summed E-state index contributed by atoms with van der Waals surface area (Å²) in [6.45, 7) is 2.08. The Morgan fingerprint density at radius 1 is 1.33 bits per heavy atom. The van der Waals surface area contributed by atoms with Gasteiger partial charge < -0.3 is 5.32 Å². The lowest BCUT2D eigenvalue weighted by Crippen LogP contribution is -2.18. The van der Waals surface area contributed by atoms with E-state index in [1.165, 1.54) is 15.8 Å². The number of aryl methyl sites for hydroxylation is 1. The summed E-state index contributed by atoms with van der Waals surface area (Å²) in [6.07, 6.45) is 0.662. The largest absolute Gasteiger partial charge is 0.312 e. The highest BCUT2D eigenvalue weighted by Crippen LogP contribution is 2.27. The van der Waals surface area contributed by atoms with Gasteiger partial charge in [0.2, 0.25) is 0 Å². The Kier molecular flexibility index (Phi) is 4.54. The Bertz CT molecular complexity index is 538. The number of hydrogen-bond donors (Lipinski definition) is 1. The second-order valence-corrected chi connectivity index (χ2v) is 6.46. The van der Waals surface area contributed by atoms with Gasteiger partial charge in [-0.3, -0.25) is 0 Å². The Balaban J connectivity index is 2.20. The lowest BCUT2D eigenvalue weighted by atomic mass is 10.0. The monoisotopic (exact) mass is 327 g/mol. The molecule has 0 aliphatic heterocycles. The average Bonchev–Trinajstić information content (AvgIpc) is 2.75. The molecule has 0 bridgehead atoms. The Morgan fingerprint density at radius 2 is 2.11 bits per heavy atom. The Labute approximate surface area is 119 Å². The second kappa shape index (κ2) is 5.95. The fourth-order valence-electron chi connectivity index (χ4n) is 1.89. The predicted octanol–water partition coefficient (Wildman–Crippen LogP) is 4.46. The molecule has 1 aromatic carbocycles. The molecule has 1 unspecified atom stereocenters. The second-order valence-electron chi connectivity index (χ2n) is 4.23. The van der Waals surface area contributed by atoms with Gasteiger partial charge in [-0.1, -0.05) is 22.0 Å². The van der Waals surface area contributed by atoms with Crippen molar-refractivity contribution in [2.45, 2.75) is 19.4 Å². The Hall–Kier alpha value is -0.710. The molecular weight excluding hydrogens is 313 g/mol. The quantitative estimate of drug-likeness (QED) is 0.874. The fourth-order valence-corrected chi connectivity index (χ4v) is 3.21. The van der Waals surface area contributed by atoms with Gasteiger partial charge in [-0.2, -0.15) is 0 Å². The van der Waals surface area contributed by atoms with Crippen LogP contribution in [0.2, 0.25) is 0 Å². The number of benzene rings is 1. The van der Waals surface area contributed by atoms with Crippen LogP contribution in [-0.2, 0) is 6.42 Å². The molecule has 1 atom stereocenters. The van der Waals surface area contributed by atoms with Crippen molar-refractivity contribution < 1.29 is 4.39 Å². The minimum Gasteiger partial charge on any atom is -0.312 e. The molecule has 2 aromatic rings. The van der Waals surface area contributed by atoms with Gasteiger partial charge in [0.25, 0.3) is 0 Å². The molecule has 1 nitrogen and oxygen atoms in total. The van der Waals surface area contributed by atoms with Gasteiger partial charge in [-0.25, -0.2) is 4.39 Å². The van der Waals surface area contributed by atoms with E-state index in [0.717, 1.165) is 10.0 Å². The molecule has 0 amide bonds. The molecule has 0 fully saturated rings. The minimum atomic E-state index is -0.155. The van der Waals surface area contributed by atoms with E-state index in [-0.39, 0.29) is 11.9 Å². The van der Waals surface area contributed by atoms with Crippen LogP contribution in [0.5, 0.6) is 0 Å². The van der Waals surface area contributed by atoms with Crippen molar-refractivity contribution in [1.82, 2.24) is 5.32 Å². The van der Waals surface area contributed by atoms with E-state index in [1.54, 1.807) is 11.3 Å². The number of likely N-dealkylation sites (N-methyl/N-ethyl adjacent to an activating group) is 1. The summed E-state index contributed by atoms with van der Waals surface area (Å²) in [7, 11) is 1.91. The van der Waals surface area contributed by atoms with Crippen molar-refractivity contribution in [2.75, 3.05) is 7.05 Å². The minimum absolute atomic E-state index is 0.155. The van der Waals surface area contributed by atoms with Gasteiger partial charge in [-0.05, 0) is 50.2 Å². The van der Waals surface area contributed by atoms with Gasteiger partial charge in [0.1, 0.15) is 5.82 Å². The molecule has 0 aliphatic rings. The van der Waals surface area contributed by atoms with Crippen molar-refractivity contribution in [1.29, 1.82) is 0 Å². The highest BCUT2D eigenvalue weighted by Gasteiger charge is 2.14. The Morgan fingerprint density at radius 3 is 2.67 bits per heavy atom. The summed E-state index contributed by atoms with van der Waals surface area (Å²) in [5, 5.41) is 3.25. The molecule has 96 valence electrons. The average molecular weight is 328 g/mol. The van der Waals surface area contributed by atoms with Gasteiger partial charge in [-0.15, -0.1) is 11.3 Å². The first-order chi connectivity index (χ1) is 8.60. The van der Waals surface area contributed by atoms with Crippen LogP contribution < -0.4 is 5.32 Å². The summed E-state index contributed by atoms with van der Waals surface area (Å²) in [4.78, 5) is 2.53. The van der Waals surface area contributed by atoms with Gasteiger partial charge in [0.05, 0.1) is 0 Å². The van der Waals surface area contributed by atoms with E-state index in [2.05, 4.69) is 40.3 Å². The number of rotatable bonds is 4. The predicted molar refractivity (Wildman–Crippen MR) is 78.7 cm³/mol. The molecule has 0 saturated carbocycles. The fraction of sp³-hybridized carbons (Fsp3) is 0.286. The molecule has 1 aromatic heterocycles. The van der Waals surface area contributed by atoms with Crippen LogP contribution in [0.25, 0.3) is 0 Å². The molecule has 1 N–H and O–H groups in total. The van der Waals surface area contributed by atoms with E-state index in [4.69, 9.17) is 0 Å². The smallest absolute Gasteiger partial charge is 0.127 e. The van der Waals surface area contributed by atoms with Crippen LogP contribution in [0, 0.1) is 12.7 Å². The third kappa shape index (κ3) is 3.19. The molecule has 0 spiro atoms. The van der Waals surface area contributed by atoms with Gasteiger partial charge >= 0.3 is 0 Å². The van der Waals surface area contributed by atoms with Crippen LogP contribution in [0.1, 0.15) is 21.4 Å². The first-order valence-corrected chi connectivity index (χ1v) is 7.38. The van der Waals surface area contributed by atoms with Crippen molar-refractivity contribution in [2.24, 2.45) is 0 Å². The zero-order chi connectivity index (χ0) is 13.1. The van der Waals surface area contributed by atoms with Crippen molar-refractivity contribution in [3.8, 4) is 0 Å². The number of hydrogen-bond acceptors (Lipinski definition) is 2. The van der Waals surface area contributed by atoms with E-state index in [9.17, 15) is 4.39 Å². The molecule has 18 heavy (non-hydrogen) atoms. The van der Waals surface area contributed by atoms with E-state index in [1.807, 2.05) is 19.2 Å². The molecule has 0 radical (unpaired) electrons. The van der Waals surface area contributed by atoms with Crippen molar-refractivity contribution >= 4 is 27.3 Å². The molecule has 0 saturated heterocycles. The van der Waals surface area contributed by atoms with E-state index < -0.39 is 0 Å². The SMILES string of the molecule is CNC(Cc1ccc(Br)cc1F)c1ccc(C)s1. The lowest BCUT2D eigenvalue weighted by molar-refractivity contribution is 0.559. The zero-order valence-electron chi connectivity index (χ0n) is 10.3. The van der Waals surface area contributed by atoms with Crippen LogP contribution in [0.4, 0.5) is 4.39 Å². The first kappa shape index (κ1) is 13.7. The van der Waals surface area contributed by atoms with Crippen LogP contribution in [-0.4, -0.2) is 7.05 Å². The first-order valence-electron chi connectivity index (χ1n) is 5.77. The van der Waals surface area contributed by atoms with E-state index in [0.29, 0.717) is 6.42 Å². The van der Waals surface area contributed by atoms with Crippen molar-refractivity contribution in [3.63, 3.8) is 0 Å². The number of thiophene rings is 1. The molecule has 2 rings (SSSR count). The maximum absolute atomic E-state index is 13.8. The maximum Gasteiger partial charge on any atom is 0.127 e. The third-order valence-corrected chi connectivity index (χ3v) is 4.50. The summed E-state index contributed by atoms with van der Waals surface area (Å²) >= 11 is 5.03. The lowest BCUT2D eigenvalue weighted by Gasteiger charge is -2.15. The highest BCUT2D eigenvalue weighted by molar-refractivity contribution is 9.10. The number of nitrogens with one attached hydrogen (secondary N) is 1. The summed E-state index contributed by atoms with van der Waals surface area (Å²) in [5.41, 5.74) is 0.739. The van der Waals surface area contributed by atoms with E-state index >= 15 is 0 Å². The summed E-state index contributed by atoms with van der Waals surface area (Å²) in [6, 6.07) is 9.61. The van der Waals surface area contributed by atoms with Crippen LogP contribution in [0.3, 0.4) is 0 Å². The standard InChI is InChI=1S/C14H15BrFNS/c1-9-3-6-14(18-9)13(17-2)7-10-4-5-11(15)8-12(10)16/h3-6,8,13,17H,7H2,1-2H3. The normalized spacial score (nSPS) is 12.7. The molecular formula is C14H15BrFNS. The van der Waals surface area contributed by atoms with Gasteiger partial charge in [0, 0.05) is 20.3 Å². The van der Waals surface area contributed by atoms with Gasteiger partial charge in [0.15, 0.2) is 0 Å². The summed E-state index contributed by atoms with van der Waals surface area (Å²) in [5.74, 6) is -0.155. The third-order valence-electron chi connectivity index (χ3n) is 2.89.